The van der Waals surface area contributed by atoms with Crippen LogP contribution in [0.3, 0.4) is 0 Å². The zero-order chi connectivity index (χ0) is 28.0. The number of anilines is 1. The van der Waals surface area contributed by atoms with E-state index in [0.29, 0.717) is 5.56 Å². The maximum atomic E-state index is 13.9. The number of carbonyl (C=O) groups excluding carboxylic acids is 2. The van der Waals surface area contributed by atoms with Crippen LogP contribution in [0.4, 0.5) is 10.1 Å². The summed E-state index contributed by atoms with van der Waals surface area (Å²) >= 11 is 18.6. The molecule has 3 rings (SSSR count). The highest BCUT2D eigenvalue weighted by Crippen LogP contribution is 2.30. The summed E-state index contributed by atoms with van der Waals surface area (Å²) in [6.07, 6.45) is 0.224. The molecule has 1 atom stereocenters. The fourth-order valence-electron chi connectivity index (χ4n) is 3.83. The zero-order valence-electron chi connectivity index (χ0n) is 20.5. The summed E-state index contributed by atoms with van der Waals surface area (Å²) in [6, 6.07) is 14.7. The molecule has 1 unspecified atom stereocenters. The van der Waals surface area contributed by atoms with E-state index in [0.717, 1.165) is 16.4 Å². The van der Waals surface area contributed by atoms with Gasteiger partial charge in [0.2, 0.25) is 11.8 Å². The van der Waals surface area contributed by atoms with Crippen molar-refractivity contribution in [1.29, 1.82) is 0 Å². The van der Waals surface area contributed by atoms with Crippen LogP contribution < -0.4 is 9.62 Å². The molecule has 0 aliphatic heterocycles. The third kappa shape index (κ3) is 6.58. The van der Waals surface area contributed by atoms with Gasteiger partial charge in [-0.15, -0.1) is 0 Å². The third-order valence-corrected chi connectivity index (χ3v) is 8.61. The molecule has 7 nitrogen and oxygen atoms in total. The molecular formula is C26H25Cl3FN3O4S. The summed E-state index contributed by atoms with van der Waals surface area (Å²) in [7, 11) is -2.87. The Morgan fingerprint density at radius 1 is 0.947 bits per heavy atom. The molecule has 12 heteroatoms. The number of sulfonamides is 1. The highest BCUT2D eigenvalue weighted by atomic mass is 35.5. The van der Waals surface area contributed by atoms with Crippen molar-refractivity contribution in [3.8, 4) is 0 Å². The fourth-order valence-corrected chi connectivity index (χ4v) is 5.95. The molecule has 0 bridgehead atoms. The standard InChI is InChI=1S/C26H25Cl3FN3O4S/c1-3-24(26(35)31-2)32(15-19-20(27)10-7-11-21(19)28)25(34)16-33(17-12-13-23(30)22(29)14-17)38(36,37)18-8-5-4-6-9-18/h4-14,24H,3,15-16H2,1-2H3,(H,31,35). The van der Waals surface area contributed by atoms with Crippen LogP contribution in [-0.2, 0) is 26.2 Å². The Morgan fingerprint density at radius 2 is 1.58 bits per heavy atom. The van der Waals surface area contributed by atoms with Gasteiger partial charge in [-0.25, -0.2) is 12.8 Å². The van der Waals surface area contributed by atoms with Gasteiger partial charge in [0, 0.05) is 29.2 Å². The highest BCUT2D eigenvalue weighted by molar-refractivity contribution is 7.92. The largest absolute Gasteiger partial charge is 0.357 e. The zero-order valence-corrected chi connectivity index (χ0v) is 23.6. The SMILES string of the molecule is CCC(C(=O)NC)N(Cc1c(Cl)cccc1Cl)C(=O)CN(c1ccc(F)c(Cl)c1)S(=O)(=O)c1ccccc1. The van der Waals surface area contributed by atoms with Crippen LogP contribution in [0.5, 0.6) is 0 Å². The van der Waals surface area contributed by atoms with Gasteiger partial charge >= 0.3 is 0 Å². The van der Waals surface area contributed by atoms with E-state index in [-0.39, 0.29) is 38.6 Å². The quantitative estimate of drug-likeness (QED) is 0.331. The van der Waals surface area contributed by atoms with Gasteiger partial charge in [0.25, 0.3) is 10.0 Å². The van der Waals surface area contributed by atoms with Gasteiger partial charge in [-0.1, -0.05) is 66.0 Å². The van der Waals surface area contributed by atoms with Crippen molar-refractivity contribution in [3.63, 3.8) is 0 Å². The van der Waals surface area contributed by atoms with Crippen LogP contribution in [-0.4, -0.2) is 44.8 Å². The molecule has 38 heavy (non-hydrogen) atoms. The normalized spacial score (nSPS) is 12.1. The predicted octanol–water partition coefficient (Wildman–Crippen LogP) is 5.53. The van der Waals surface area contributed by atoms with E-state index in [9.17, 15) is 22.4 Å². The van der Waals surface area contributed by atoms with Crippen LogP contribution in [0.15, 0.2) is 71.6 Å². The lowest BCUT2D eigenvalue weighted by Crippen LogP contribution is -2.51. The Bertz CT molecular complexity index is 1400. The Labute approximate surface area is 236 Å². The van der Waals surface area contributed by atoms with Crippen LogP contribution in [0, 0.1) is 5.82 Å². The van der Waals surface area contributed by atoms with Gasteiger partial charge < -0.3 is 10.2 Å². The first kappa shape index (κ1) is 29.7. The van der Waals surface area contributed by atoms with E-state index in [2.05, 4.69) is 5.32 Å². The molecule has 1 N–H and O–H groups in total. The number of benzene rings is 3. The average molecular weight is 601 g/mol. The summed E-state index contributed by atoms with van der Waals surface area (Å²) in [5, 5.41) is 2.77. The summed E-state index contributed by atoms with van der Waals surface area (Å²) in [4.78, 5) is 27.7. The Kier molecular flexibility index (Phi) is 10.0. The number of amides is 2. The monoisotopic (exact) mass is 599 g/mol. The molecule has 0 saturated heterocycles. The lowest BCUT2D eigenvalue weighted by atomic mass is 10.1. The smallest absolute Gasteiger partial charge is 0.264 e. The maximum absolute atomic E-state index is 13.9. The number of hydrogen-bond acceptors (Lipinski definition) is 4. The Morgan fingerprint density at radius 3 is 2.13 bits per heavy atom. The number of nitrogens with zero attached hydrogens (tertiary/aromatic N) is 2. The van der Waals surface area contributed by atoms with Gasteiger partial charge in [0.1, 0.15) is 18.4 Å². The molecule has 0 aromatic heterocycles. The van der Waals surface area contributed by atoms with Gasteiger partial charge in [-0.05, 0) is 48.9 Å². The minimum Gasteiger partial charge on any atom is -0.357 e. The first-order valence-electron chi connectivity index (χ1n) is 11.5. The van der Waals surface area contributed by atoms with Crippen molar-refractivity contribution < 1.29 is 22.4 Å². The number of rotatable bonds is 10. The Hall–Kier alpha value is -2.85. The predicted molar refractivity (Wildman–Crippen MR) is 148 cm³/mol. The molecule has 0 aliphatic rings. The van der Waals surface area contributed by atoms with E-state index in [4.69, 9.17) is 34.8 Å². The fraction of sp³-hybridized carbons (Fsp3) is 0.231. The van der Waals surface area contributed by atoms with E-state index in [1.807, 2.05) is 0 Å². The second-order valence-corrected chi connectivity index (χ2v) is 11.3. The minimum absolute atomic E-state index is 0.0303. The molecule has 0 saturated carbocycles. The van der Waals surface area contributed by atoms with Crippen LogP contribution in [0.1, 0.15) is 18.9 Å². The second-order valence-electron chi connectivity index (χ2n) is 8.18. The number of halogens is 4. The van der Waals surface area contributed by atoms with Crippen molar-refractivity contribution >= 4 is 62.3 Å². The second kappa shape index (κ2) is 12.8. The summed E-state index contributed by atoms with van der Waals surface area (Å²) in [5.41, 5.74) is 0.367. The highest BCUT2D eigenvalue weighted by Gasteiger charge is 2.34. The first-order valence-corrected chi connectivity index (χ1v) is 14.0. The van der Waals surface area contributed by atoms with E-state index in [1.165, 1.54) is 42.3 Å². The van der Waals surface area contributed by atoms with Crippen molar-refractivity contribution in [1.82, 2.24) is 10.2 Å². The van der Waals surface area contributed by atoms with Crippen LogP contribution in [0.2, 0.25) is 15.1 Å². The molecule has 0 heterocycles. The first-order chi connectivity index (χ1) is 18.0. The van der Waals surface area contributed by atoms with Crippen molar-refractivity contribution in [2.75, 3.05) is 17.9 Å². The lowest BCUT2D eigenvalue weighted by molar-refractivity contribution is -0.140. The molecule has 0 radical (unpaired) electrons. The number of hydrogen-bond donors (Lipinski definition) is 1. The molecule has 3 aromatic carbocycles. The summed E-state index contributed by atoms with van der Waals surface area (Å²) in [6.45, 7) is 0.841. The number of carbonyl (C=O) groups is 2. The van der Waals surface area contributed by atoms with Crippen LogP contribution >= 0.6 is 34.8 Å². The van der Waals surface area contributed by atoms with E-state index < -0.39 is 40.2 Å². The molecule has 0 aliphatic carbocycles. The lowest BCUT2D eigenvalue weighted by Gasteiger charge is -2.33. The minimum atomic E-state index is -4.31. The summed E-state index contributed by atoms with van der Waals surface area (Å²) in [5.74, 6) is -1.91. The number of nitrogens with one attached hydrogen (secondary N) is 1. The molecule has 202 valence electrons. The Balaban J connectivity index is 2.11. The van der Waals surface area contributed by atoms with Gasteiger partial charge in [0.05, 0.1) is 15.6 Å². The number of likely N-dealkylation sites (N-methyl/N-ethyl adjacent to an activating group) is 1. The van der Waals surface area contributed by atoms with Crippen molar-refractivity contribution in [3.05, 3.63) is 93.2 Å². The van der Waals surface area contributed by atoms with Gasteiger partial charge in [-0.2, -0.15) is 0 Å². The topological polar surface area (TPSA) is 86.8 Å². The van der Waals surface area contributed by atoms with Crippen LogP contribution in [0.25, 0.3) is 0 Å². The van der Waals surface area contributed by atoms with E-state index >= 15 is 0 Å². The molecule has 0 spiro atoms. The molecule has 2 amide bonds. The van der Waals surface area contributed by atoms with E-state index in [1.54, 1.807) is 31.2 Å². The van der Waals surface area contributed by atoms with Gasteiger partial charge in [-0.3, -0.25) is 13.9 Å². The molecule has 0 fully saturated rings. The molecular weight excluding hydrogens is 576 g/mol. The third-order valence-electron chi connectivity index (χ3n) is 5.82. The van der Waals surface area contributed by atoms with Crippen molar-refractivity contribution in [2.45, 2.75) is 30.8 Å². The molecule has 3 aromatic rings. The average Bonchev–Trinajstić information content (AvgIpc) is 2.90. The summed E-state index contributed by atoms with van der Waals surface area (Å²) < 4.78 is 42.1. The maximum Gasteiger partial charge on any atom is 0.264 e. The van der Waals surface area contributed by atoms with Crippen molar-refractivity contribution in [2.24, 2.45) is 0 Å². The van der Waals surface area contributed by atoms with Gasteiger partial charge in [0.15, 0.2) is 0 Å².